The molecule has 3 rings (SSSR count). The van der Waals surface area contributed by atoms with E-state index in [2.05, 4.69) is 15.3 Å². The summed E-state index contributed by atoms with van der Waals surface area (Å²) < 4.78 is 10.5. The summed E-state index contributed by atoms with van der Waals surface area (Å²) in [6, 6.07) is 17.1. The first-order valence-corrected chi connectivity index (χ1v) is 9.63. The summed E-state index contributed by atoms with van der Waals surface area (Å²) >= 11 is 1.29. The number of methoxy groups -OCH3 is 2. The highest BCUT2D eigenvalue weighted by molar-refractivity contribution is 7.99. The maximum absolute atomic E-state index is 12.4. The lowest BCUT2D eigenvalue weighted by Crippen LogP contribution is -2.15. The molecule has 1 aromatic heterocycles. The van der Waals surface area contributed by atoms with Crippen LogP contribution in [0.5, 0.6) is 11.5 Å². The third-order valence-electron chi connectivity index (χ3n) is 3.92. The number of hydrogen-bond donors (Lipinski definition) is 1. The molecule has 0 aliphatic carbocycles. The molecule has 0 aliphatic rings. The highest BCUT2D eigenvalue weighted by Gasteiger charge is 2.12. The van der Waals surface area contributed by atoms with Gasteiger partial charge in [-0.2, -0.15) is 0 Å². The van der Waals surface area contributed by atoms with Crippen LogP contribution in [0.1, 0.15) is 5.69 Å². The van der Waals surface area contributed by atoms with Gasteiger partial charge >= 0.3 is 0 Å². The predicted molar refractivity (Wildman–Crippen MR) is 111 cm³/mol. The summed E-state index contributed by atoms with van der Waals surface area (Å²) in [7, 11) is 3.13. The van der Waals surface area contributed by atoms with Crippen LogP contribution in [-0.4, -0.2) is 35.8 Å². The highest BCUT2D eigenvalue weighted by atomic mass is 32.2. The zero-order chi connectivity index (χ0) is 19.9. The van der Waals surface area contributed by atoms with Gasteiger partial charge in [0.1, 0.15) is 11.5 Å². The fourth-order valence-electron chi connectivity index (χ4n) is 2.59. The number of aryl methyl sites for hydroxylation is 1. The van der Waals surface area contributed by atoms with Crippen LogP contribution in [0, 0.1) is 6.92 Å². The van der Waals surface area contributed by atoms with Crippen LogP contribution in [0.3, 0.4) is 0 Å². The number of hydrogen-bond acceptors (Lipinski definition) is 6. The Morgan fingerprint density at radius 2 is 1.82 bits per heavy atom. The molecule has 1 amide bonds. The number of ether oxygens (including phenoxy) is 2. The maximum Gasteiger partial charge on any atom is 0.234 e. The Morgan fingerprint density at radius 1 is 1.04 bits per heavy atom. The molecule has 0 bridgehead atoms. The quantitative estimate of drug-likeness (QED) is 0.477. The number of nitrogens with zero attached hydrogens (tertiary/aromatic N) is 2. The number of carbonyl (C=O) groups is 1. The molecule has 144 valence electrons. The number of carbonyl (C=O) groups excluding carboxylic acids is 1. The molecule has 28 heavy (non-hydrogen) atoms. The number of nitrogens with one attached hydrogen (secondary N) is 1. The van der Waals surface area contributed by atoms with Crippen LogP contribution in [0.2, 0.25) is 0 Å². The van der Waals surface area contributed by atoms with Gasteiger partial charge in [0, 0.05) is 17.3 Å². The van der Waals surface area contributed by atoms with Crippen molar-refractivity contribution in [2.45, 2.75) is 12.1 Å². The summed E-state index contributed by atoms with van der Waals surface area (Å²) in [5.41, 5.74) is 3.26. The molecule has 2 aromatic carbocycles. The first-order chi connectivity index (χ1) is 13.6. The van der Waals surface area contributed by atoms with E-state index in [0.717, 1.165) is 17.0 Å². The van der Waals surface area contributed by atoms with Crippen molar-refractivity contribution in [3.05, 3.63) is 60.3 Å². The van der Waals surface area contributed by atoms with Crippen LogP contribution in [0.25, 0.3) is 11.3 Å². The molecule has 0 fully saturated rings. The molecular formula is C21H21N3O3S. The second-order valence-electron chi connectivity index (χ2n) is 5.95. The van der Waals surface area contributed by atoms with E-state index in [1.807, 2.05) is 43.3 Å². The van der Waals surface area contributed by atoms with Gasteiger partial charge in [-0.1, -0.05) is 42.1 Å². The minimum absolute atomic E-state index is 0.178. The van der Waals surface area contributed by atoms with E-state index in [0.29, 0.717) is 22.3 Å². The lowest BCUT2D eigenvalue weighted by Gasteiger charge is -2.11. The monoisotopic (exact) mass is 395 g/mol. The van der Waals surface area contributed by atoms with Crippen LogP contribution < -0.4 is 14.8 Å². The first-order valence-electron chi connectivity index (χ1n) is 8.65. The highest BCUT2D eigenvalue weighted by Crippen LogP contribution is 2.29. The van der Waals surface area contributed by atoms with Gasteiger partial charge in [-0.3, -0.25) is 4.79 Å². The van der Waals surface area contributed by atoms with Gasteiger partial charge in [-0.15, -0.1) is 0 Å². The number of aromatic nitrogens is 2. The van der Waals surface area contributed by atoms with Crippen molar-refractivity contribution < 1.29 is 14.3 Å². The molecule has 0 unspecified atom stereocenters. The van der Waals surface area contributed by atoms with Crippen molar-refractivity contribution >= 4 is 23.4 Å². The fourth-order valence-corrected chi connectivity index (χ4v) is 3.29. The summed E-state index contributed by atoms with van der Waals surface area (Å²) in [6.45, 7) is 1.92. The van der Waals surface area contributed by atoms with E-state index in [1.165, 1.54) is 11.8 Å². The Hall–Kier alpha value is -3.06. The van der Waals surface area contributed by atoms with Crippen molar-refractivity contribution in [3.8, 4) is 22.8 Å². The predicted octanol–water partition coefficient (Wildman–Crippen LogP) is 4.20. The standard InChI is InChI=1S/C21H21N3O3S/c1-14-11-17(15-7-5-4-6-8-15)24-21(22-14)28-13-20(25)23-18-12-16(26-2)9-10-19(18)27-3/h4-12H,13H2,1-3H3,(H,23,25). The molecule has 0 aliphatic heterocycles. The van der Waals surface area contributed by atoms with Crippen LogP contribution in [-0.2, 0) is 4.79 Å². The van der Waals surface area contributed by atoms with Crippen LogP contribution in [0.4, 0.5) is 5.69 Å². The molecular weight excluding hydrogens is 374 g/mol. The van der Waals surface area contributed by atoms with Gasteiger partial charge in [0.15, 0.2) is 5.16 Å². The van der Waals surface area contributed by atoms with Gasteiger partial charge in [-0.05, 0) is 25.1 Å². The molecule has 7 heteroatoms. The summed E-state index contributed by atoms with van der Waals surface area (Å²) in [5.74, 6) is 1.21. The van der Waals surface area contributed by atoms with Crippen molar-refractivity contribution in [2.24, 2.45) is 0 Å². The van der Waals surface area contributed by atoms with Crippen molar-refractivity contribution in [1.82, 2.24) is 9.97 Å². The van der Waals surface area contributed by atoms with E-state index in [1.54, 1.807) is 32.4 Å². The molecule has 6 nitrogen and oxygen atoms in total. The van der Waals surface area contributed by atoms with Gasteiger partial charge in [0.05, 0.1) is 31.4 Å². The third kappa shape index (κ3) is 5.01. The molecule has 0 radical (unpaired) electrons. The van der Waals surface area contributed by atoms with E-state index in [9.17, 15) is 4.79 Å². The third-order valence-corrected chi connectivity index (χ3v) is 4.76. The van der Waals surface area contributed by atoms with Crippen LogP contribution in [0.15, 0.2) is 59.8 Å². The second kappa shape index (κ2) is 9.23. The molecule has 0 spiro atoms. The van der Waals surface area contributed by atoms with Gasteiger partial charge in [0.2, 0.25) is 5.91 Å². The Morgan fingerprint density at radius 3 is 2.54 bits per heavy atom. The summed E-state index contributed by atoms with van der Waals surface area (Å²) in [6.07, 6.45) is 0. The molecule has 0 atom stereocenters. The minimum Gasteiger partial charge on any atom is -0.497 e. The zero-order valence-corrected chi connectivity index (χ0v) is 16.7. The van der Waals surface area contributed by atoms with Crippen molar-refractivity contribution in [3.63, 3.8) is 0 Å². The second-order valence-corrected chi connectivity index (χ2v) is 6.89. The Labute approximate surface area is 168 Å². The van der Waals surface area contributed by atoms with Gasteiger partial charge in [-0.25, -0.2) is 9.97 Å². The van der Waals surface area contributed by atoms with E-state index in [4.69, 9.17) is 9.47 Å². The molecule has 0 saturated carbocycles. The maximum atomic E-state index is 12.4. The van der Waals surface area contributed by atoms with E-state index in [-0.39, 0.29) is 11.7 Å². The van der Waals surface area contributed by atoms with Crippen LogP contribution >= 0.6 is 11.8 Å². The Balaban J connectivity index is 1.69. The van der Waals surface area contributed by atoms with Crippen molar-refractivity contribution in [2.75, 3.05) is 25.3 Å². The minimum atomic E-state index is -0.178. The Bertz CT molecular complexity index is 964. The molecule has 1 heterocycles. The lowest BCUT2D eigenvalue weighted by molar-refractivity contribution is -0.113. The SMILES string of the molecule is COc1ccc(OC)c(NC(=O)CSc2nc(C)cc(-c3ccccc3)n2)c1. The molecule has 3 aromatic rings. The number of amides is 1. The van der Waals surface area contributed by atoms with Gasteiger partial charge in [0.25, 0.3) is 0 Å². The topological polar surface area (TPSA) is 73.3 Å². The summed E-state index contributed by atoms with van der Waals surface area (Å²) in [5, 5.41) is 3.41. The molecule has 1 N–H and O–H groups in total. The number of thioether (sulfide) groups is 1. The average molecular weight is 395 g/mol. The fraction of sp³-hybridized carbons (Fsp3) is 0.190. The normalized spacial score (nSPS) is 10.4. The number of rotatable bonds is 7. The number of benzene rings is 2. The number of anilines is 1. The zero-order valence-electron chi connectivity index (χ0n) is 15.9. The lowest BCUT2D eigenvalue weighted by atomic mass is 10.1. The largest absolute Gasteiger partial charge is 0.497 e. The van der Waals surface area contributed by atoms with Gasteiger partial charge < -0.3 is 14.8 Å². The molecule has 0 saturated heterocycles. The van der Waals surface area contributed by atoms with E-state index < -0.39 is 0 Å². The summed E-state index contributed by atoms with van der Waals surface area (Å²) in [4.78, 5) is 21.4. The Kier molecular flexibility index (Phi) is 6.49. The average Bonchev–Trinajstić information content (AvgIpc) is 2.72. The van der Waals surface area contributed by atoms with E-state index >= 15 is 0 Å². The smallest absolute Gasteiger partial charge is 0.234 e. The van der Waals surface area contributed by atoms with Crippen molar-refractivity contribution in [1.29, 1.82) is 0 Å². The first kappa shape index (κ1) is 19.7.